The molecule has 0 radical (unpaired) electrons. The third-order valence-electron chi connectivity index (χ3n) is 3.19. The summed E-state index contributed by atoms with van der Waals surface area (Å²) in [4.78, 5) is 23.5. The molecule has 0 aromatic heterocycles. The Morgan fingerprint density at radius 1 is 1.32 bits per heavy atom. The molecule has 1 aromatic carbocycles. The van der Waals surface area contributed by atoms with Gasteiger partial charge >= 0.3 is 5.97 Å². The molecule has 0 saturated heterocycles. The Bertz CT molecular complexity index is 635. The first-order chi connectivity index (χ1) is 10.5. The van der Waals surface area contributed by atoms with E-state index in [0.29, 0.717) is 18.9 Å². The van der Waals surface area contributed by atoms with E-state index in [1.165, 1.54) is 5.01 Å². The van der Waals surface area contributed by atoms with Gasteiger partial charge in [0.25, 0.3) is 5.91 Å². The van der Waals surface area contributed by atoms with Gasteiger partial charge in [0.1, 0.15) is 11.3 Å². The van der Waals surface area contributed by atoms with Gasteiger partial charge in [-0.05, 0) is 19.4 Å². The maximum absolute atomic E-state index is 12.5. The molecule has 0 aliphatic carbocycles. The van der Waals surface area contributed by atoms with Gasteiger partial charge in [0.15, 0.2) is 0 Å². The normalized spacial score (nSPS) is 16.5. The predicted octanol–water partition coefficient (Wildman–Crippen LogP) is 2.17. The number of amides is 1. The van der Waals surface area contributed by atoms with E-state index in [-0.39, 0.29) is 23.6 Å². The van der Waals surface area contributed by atoms with Crippen LogP contribution in [-0.2, 0) is 20.9 Å². The first-order valence-corrected chi connectivity index (χ1v) is 7.02. The van der Waals surface area contributed by atoms with Crippen LogP contribution >= 0.6 is 0 Å². The van der Waals surface area contributed by atoms with Crippen molar-refractivity contribution in [3.63, 3.8) is 0 Å². The van der Waals surface area contributed by atoms with Crippen molar-refractivity contribution in [1.82, 2.24) is 5.01 Å². The quantitative estimate of drug-likeness (QED) is 0.645. The molecule has 22 heavy (non-hydrogen) atoms. The van der Waals surface area contributed by atoms with Crippen LogP contribution in [0.15, 0.2) is 46.8 Å². The minimum atomic E-state index is -1.03. The van der Waals surface area contributed by atoms with Gasteiger partial charge in [-0.2, -0.15) is 5.10 Å². The van der Waals surface area contributed by atoms with Gasteiger partial charge in [-0.25, -0.2) is 5.01 Å². The molecule has 116 valence electrons. The SMILES string of the molecule is CCO/C(C)=C1/C(=O)N(Cc2ccccc2)N=C1CC(=O)O. The van der Waals surface area contributed by atoms with Gasteiger partial charge in [0, 0.05) is 0 Å². The van der Waals surface area contributed by atoms with E-state index in [1.807, 2.05) is 30.3 Å². The maximum Gasteiger partial charge on any atom is 0.309 e. The number of rotatable bonds is 6. The lowest BCUT2D eigenvalue weighted by Gasteiger charge is -2.12. The van der Waals surface area contributed by atoms with Crippen LogP contribution in [0.1, 0.15) is 25.8 Å². The number of nitrogens with zero attached hydrogens (tertiary/aromatic N) is 2. The number of hydrogen-bond acceptors (Lipinski definition) is 4. The number of benzene rings is 1. The second-order valence-corrected chi connectivity index (χ2v) is 4.83. The molecular weight excluding hydrogens is 284 g/mol. The zero-order valence-corrected chi connectivity index (χ0v) is 12.6. The Labute approximate surface area is 128 Å². The summed E-state index contributed by atoms with van der Waals surface area (Å²) in [5, 5.41) is 14.4. The molecule has 1 N–H and O–H groups in total. The predicted molar refractivity (Wildman–Crippen MR) is 81.0 cm³/mol. The Balaban J connectivity index is 2.29. The van der Waals surface area contributed by atoms with Crippen LogP contribution in [0, 0.1) is 0 Å². The molecule has 0 saturated carbocycles. The van der Waals surface area contributed by atoms with Gasteiger partial charge < -0.3 is 9.84 Å². The lowest BCUT2D eigenvalue weighted by Crippen LogP contribution is -2.23. The lowest BCUT2D eigenvalue weighted by atomic mass is 10.1. The minimum absolute atomic E-state index is 0.236. The number of carboxylic acids is 1. The van der Waals surface area contributed by atoms with E-state index in [2.05, 4.69) is 5.10 Å². The van der Waals surface area contributed by atoms with E-state index in [1.54, 1.807) is 13.8 Å². The standard InChI is InChI=1S/C16H18N2O4/c1-3-22-11(2)15-13(9-14(19)20)17-18(16(15)21)10-12-7-5-4-6-8-12/h4-8H,3,9-10H2,1-2H3,(H,19,20)/b15-11+. The summed E-state index contributed by atoms with van der Waals surface area (Å²) in [6.45, 7) is 4.16. The van der Waals surface area contributed by atoms with Crippen LogP contribution in [0.2, 0.25) is 0 Å². The summed E-state index contributed by atoms with van der Waals surface area (Å²) in [7, 11) is 0. The Hall–Kier alpha value is -2.63. The fraction of sp³-hybridized carbons (Fsp3) is 0.312. The summed E-state index contributed by atoms with van der Waals surface area (Å²) in [6, 6.07) is 9.41. The number of carboxylic acid groups (broad SMARTS) is 1. The molecular formula is C16H18N2O4. The van der Waals surface area contributed by atoms with Gasteiger partial charge in [-0.3, -0.25) is 9.59 Å². The molecule has 2 rings (SSSR count). The van der Waals surface area contributed by atoms with Gasteiger partial charge in [0.2, 0.25) is 0 Å². The third-order valence-corrected chi connectivity index (χ3v) is 3.19. The summed E-state index contributed by atoms with van der Waals surface area (Å²) < 4.78 is 5.36. The van der Waals surface area contributed by atoms with E-state index in [4.69, 9.17) is 9.84 Å². The molecule has 6 heteroatoms. The lowest BCUT2D eigenvalue weighted by molar-refractivity contribution is -0.135. The number of carbonyl (C=O) groups excluding carboxylic acids is 1. The Kier molecular flexibility index (Phi) is 4.93. The molecule has 1 amide bonds. The smallest absolute Gasteiger partial charge is 0.309 e. The molecule has 1 aliphatic heterocycles. The van der Waals surface area contributed by atoms with Crippen molar-refractivity contribution in [2.24, 2.45) is 5.10 Å². The van der Waals surface area contributed by atoms with Crippen molar-refractivity contribution in [2.75, 3.05) is 6.61 Å². The van der Waals surface area contributed by atoms with Gasteiger partial charge in [0.05, 0.1) is 25.3 Å². The van der Waals surface area contributed by atoms with Crippen LogP contribution in [0.4, 0.5) is 0 Å². The summed E-state index contributed by atoms with van der Waals surface area (Å²) in [6.07, 6.45) is -0.309. The average Bonchev–Trinajstić information content (AvgIpc) is 2.75. The highest BCUT2D eigenvalue weighted by Crippen LogP contribution is 2.23. The molecule has 0 spiro atoms. The van der Waals surface area contributed by atoms with E-state index < -0.39 is 5.97 Å². The number of hydrazone groups is 1. The van der Waals surface area contributed by atoms with Crippen LogP contribution in [-0.4, -0.2) is 34.3 Å². The van der Waals surface area contributed by atoms with Crippen LogP contribution in [0.5, 0.6) is 0 Å². The zero-order chi connectivity index (χ0) is 16.1. The fourth-order valence-electron chi connectivity index (χ4n) is 2.27. The topological polar surface area (TPSA) is 79.2 Å². The highest BCUT2D eigenvalue weighted by atomic mass is 16.5. The fourth-order valence-corrected chi connectivity index (χ4v) is 2.27. The molecule has 0 unspecified atom stereocenters. The van der Waals surface area contributed by atoms with Crippen molar-refractivity contribution in [1.29, 1.82) is 0 Å². The van der Waals surface area contributed by atoms with E-state index >= 15 is 0 Å². The summed E-state index contributed by atoms with van der Waals surface area (Å²) >= 11 is 0. The number of allylic oxidation sites excluding steroid dienone is 1. The van der Waals surface area contributed by atoms with Crippen LogP contribution < -0.4 is 0 Å². The van der Waals surface area contributed by atoms with Crippen molar-refractivity contribution in [3.8, 4) is 0 Å². The highest BCUT2D eigenvalue weighted by molar-refractivity contribution is 6.27. The Morgan fingerprint density at radius 3 is 2.59 bits per heavy atom. The Morgan fingerprint density at radius 2 is 2.00 bits per heavy atom. The van der Waals surface area contributed by atoms with Crippen LogP contribution in [0.25, 0.3) is 0 Å². The first kappa shape index (κ1) is 15.8. The molecule has 0 fully saturated rings. The number of carbonyl (C=O) groups is 2. The van der Waals surface area contributed by atoms with E-state index in [0.717, 1.165) is 5.56 Å². The van der Waals surface area contributed by atoms with Crippen molar-refractivity contribution in [3.05, 3.63) is 47.2 Å². The molecule has 0 atom stereocenters. The molecule has 0 bridgehead atoms. The third kappa shape index (κ3) is 3.52. The molecule has 1 heterocycles. The van der Waals surface area contributed by atoms with Crippen molar-refractivity contribution in [2.45, 2.75) is 26.8 Å². The van der Waals surface area contributed by atoms with Crippen molar-refractivity contribution < 1.29 is 19.4 Å². The second-order valence-electron chi connectivity index (χ2n) is 4.83. The van der Waals surface area contributed by atoms with Gasteiger partial charge in [-0.15, -0.1) is 0 Å². The van der Waals surface area contributed by atoms with Gasteiger partial charge in [-0.1, -0.05) is 30.3 Å². The first-order valence-electron chi connectivity index (χ1n) is 7.02. The monoisotopic (exact) mass is 302 g/mol. The average molecular weight is 302 g/mol. The molecule has 6 nitrogen and oxygen atoms in total. The minimum Gasteiger partial charge on any atom is -0.498 e. The van der Waals surface area contributed by atoms with Crippen LogP contribution in [0.3, 0.4) is 0 Å². The number of hydrogen-bond donors (Lipinski definition) is 1. The summed E-state index contributed by atoms with van der Waals surface area (Å²) in [5.74, 6) is -0.955. The zero-order valence-electron chi connectivity index (χ0n) is 12.6. The largest absolute Gasteiger partial charge is 0.498 e. The number of aliphatic carboxylic acids is 1. The maximum atomic E-state index is 12.5. The highest BCUT2D eigenvalue weighted by Gasteiger charge is 2.33. The molecule has 1 aromatic rings. The van der Waals surface area contributed by atoms with E-state index in [9.17, 15) is 9.59 Å². The van der Waals surface area contributed by atoms with Crippen molar-refractivity contribution >= 4 is 17.6 Å². The molecule has 1 aliphatic rings. The second kappa shape index (κ2) is 6.89. The summed E-state index contributed by atoms with van der Waals surface area (Å²) in [5.41, 5.74) is 1.41. The number of ether oxygens (including phenoxy) is 1.